The number of carboxylic acids is 1. The summed E-state index contributed by atoms with van der Waals surface area (Å²) in [6.45, 7) is 6.90. The van der Waals surface area contributed by atoms with Crippen molar-refractivity contribution in [2.75, 3.05) is 20.3 Å². The number of methoxy groups -OCH3 is 1. The third-order valence-corrected chi connectivity index (χ3v) is 3.09. The molecule has 0 heterocycles. The molecule has 6 heteroatoms. The first-order chi connectivity index (χ1) is 9.43. The smallest absolute Gasteiger partial charge is 0.326 e. The maximum absolute atomic E-state index is 12.2. The predicted molar refractivity (Wildman–Crippen MR) is 77.8 cm³/mol. The molecule has 0 saturated carbocycles. The van der Waals surface area contributed by atoms with Gasteiger partial charge in [-0.1, -0.05) is 19.8 Å². The lowest BCUT2D eigenvalue weighted by Gasteiger charge is -2.28. The predicted octanol–water partition coefficient (Wildman–Crippen LogP) is 2.09. The van der Waals surface area contributed by atoms with E-state index in [-0.39, 0.29) is 18.5 Å². The Balaban J connectivity index is 4.50. The lowest BCUT2D eigenvalue weighted by molar-refractivity contribution is -0.139. The molecular weight excluding hydrogens is 260 g/mol. The van der Waals surface area contributed by atoms with Gasteiger partial charge in [0.1, 0.15) is 6.04 Å². The standard InChI is InChI=1S/C14H28N2O4/c1-5-6-7-9-16(11(2)3)14(19)15-12(13(17)18)8-10-20-4/h11-12H,5-10H2,1-4H3,(H,15,19)(H,17,18). The number of carbonyl (C=O) groups excluding carboxylic acids is 1. The Kier molecular flexibility index (Phi) is 9.80. The molecule has 0 rings (SSSR count). The molecule has 1 atom stereocenters. The van der Waals surface area contributed by atoms with E-state index in [1.165, 1.54) is 7.11 Å². The van der Waals surface area contributed by atoms with Gasteiger partial charge in [0.15, 0.2) is 0 Å². The zero-order chi connectivity index (χ0) is 15.5. The van der Waals surface area contributed by atoms with Crippen molar-refractivity contribution in [2.24, 2.45) is 0 Å². The molecule has 2 N–H and O–H groups in total. The van der Waals surface area contributed by atoms with E-state index in [0.717, 1.165) is 19.3 Å². The second kappa shape index (κ2) is 10.5. The molecule has 118 valence electrons. The Labute approximate surface area is 121 Å². The average molecular weight is 288 g/mol. The summed E-state index contributed by atoms with van der Waals surface area (Å²) in [6, 6.07) is -1.18. The van der Waals surface area contributed by atoms with Gasteiger partial charge < -0.3 is 20.1 Å². The SMILES string of the molecule is CCCCCN(C(=O)NC(CCOC)C(=O)O)C(C)C. The van der Waals surface area contributed by atoms with Crippen LogP contribution in [0, 0.1) is 0 Å². The fraction of sp³-hybridized carbons (Fsp3) is 0.857. The molecular formula is C14H28N2O4. The van der Waals surface area contributed by atoms with E-state index in [2.05, 4.69) is 12.2 Å². The summed E-state index contributed by atoms with van der Waals surface area (Å²) >= 11 is 0. The maximum Gasteiger partial charge on any atom is 0.326 e. The average Bonchev–Trinajstić information content (AvgIpc) is 2.38. The highest BCUT2D eigenvalue weighted by Crippen LogP contribution is 2.05. The number of aliphatic carboxylic acids is 1. The van der Waals surface area contributed by atoms with Crippen LogP contribution in [0.3, 0.4) is 0 Å². The number of carboxylic acid groups (broad SMARTS) is 1. The van der Waals surface area contributed by atoms with E-state index < -0.39 is 12.0 Å². The molecule has 0 saturated heterocycles. The molecule has 0 aromatic heterocycles. The number of hydrogen-bond donors (Lipinski definition) is 2. The fourth-order valence-electron chi connectivity index (χ4n) is 1.85. The number of ether oxygens (including phenoxy) is 1. The maximum atomic E-state index is 12.2. The molecule has 0 aromatic rings. The Morgan fingerprint density at radius 3 is 2.40 bits per heavy atom. The first-order valence-electron chi connectivity index (χ1n) is 7.22. The van der Waals surface area contributed by atoms with Gasteiger partial charge in [-0.2, -0.15) is 0 Å². The summed E-state index contributed by atoms with van der Waals surface area (Å²) in [5.74, 6) is -1.03. The molecule has 2 amide bonds. The molecule has 0 radical (unpaired) electrons. The van der Waals surface area contributed by atoms with Crippen molar-refractivity contribution < 1.29 is 19.4 Å². The van der Waals surface area contributed by atoms with Gasteiger partial charge >= 0.3 is 12.0 Å². The van der Waals surface area contributed by atoms with Crippen molar-refractivity contribution in [3.63, 3.8) is 0 Å². The number of carbonyl (C=O) groups is 2. The van der Waals surface area contributed by atoms with Gasteiger partial charge in [0.25, 0.3) is 0 Å². The van der Waals surface area contributed by atoms with Gasteiger partial charge in [0, 0.05) is 32.7 Å². The van der Waals surface area contributed by atoms with Gasteiger partial charge in [-0.3, -0.25) is 0 Å². The fourth-order valence-corrected chi connectivity index (χ4v) is 1.85. The quantitative estimate of drug-likeness (QED) is 0.603. The Bertz CT molecular complexity index is 295. The van der Waals surface area contributed by atoms with Gasteiger partial charge in [0.05, 0.1) is 0 Å². The Morgan fingerprint density at radius 2 is 1.95 bits per heavy atom. The monoisotopic (exact) mass is 288 g/mol. The van der Waals surface area contributed by atoms with Gasteiger partial charge in [0.2, 0.25) is 0 Å². The summed E-state index contributed by atoms with van der Waals surface area (Å²) in [4.78, 5) is 25.0. The highest BCUT2D eigenvalue weighted by molar-refractivity contribution is 5.82. The number of nitrogens with zero attached hydrogens (tertiary/aromatic N) is 1. The molecule has 20 heavy (non-hydrogen) atoms. The highest BCUT2D eigenvalue weighted by Gasteiger charge is 2.24. The van der Waals surface area contributed by atoms with Crippen molar-refractivity contribution in [1.82, 2.24) is 10.2 Å². The van der Waals surface area contributed by atoms with Crippen molar-refractivity contribution in [2.45, 2.75) is 58.5 Å². The minimum Gasteiger partial charge on any atom is -0.480 e. The van der Waals surface area contributed by atoms with E-state index in [1.807, 2.05) is 13.8 Å². The summed E-state index contributed by atoms with van der Waals surface area (Å²) in [6.07, 6.45) is 3.33. The van der Waals surface area contributed by atoms with Crippen LogP contribution >= 0.6 is 0 Å². The minimum atomic E-state index is -1.03. The van der Waals surface area contributed by atoms with E-state index in [0.29, 0.717) is 13.2 Å². The van der Waals surface area contributed by atoms with Gasteiger partial charge in [-0.15, -0.1) is 0 Å². The minimum absolute atomic E-state index is 0.0451. The summed E-state index contributed by atoms with van der Waals surface area (Å²) in [7, 11) is 1.51. The first-order valence-corrected chi connectivity index (χ1v) is 7.22. The molecule has 6 nitrogen and oxygen atoms in total. The van der Waals surface area contributed by atoms with E-state index in [1.54, 1.807) is 4.90 Å². The first kappa shape index (κ1) is 18.7. The van der Waals surface area contributed by atoms with Crippen LogP contribution in [-0.4, -0.2) is 54.4 Å². The number of hydrogen-bond acceptors (Lipinski definition) is 3. The van der Waals surface area contributed by atoms with E-state index >= 15 is 0 Å². The molecule has 1 unspecified atom stereocenters. The third-order valence-electron chi connectivity index (χ3n) is 3.09. The summed E-state index contributed by atoms with van der Waals surface area (Å²) in [5.41, 5.74) is 0. The van der Waals surface area contributed by atoms with Crippen LogP contribution in [0.25, 0.3) is 0 Å². The second-order valence-electron chi connectivity index (χ2n) is 5.12. The molecule has 0 bridgehead atoms. The second-order valence-corrected chi connectivity index (χ2v) is 5.12. The number of unbranched alkanes of at least 4 members (excludes halogenated alkanes) is 2. The van der Waals surface area contributed by atoms with Crippen LogP contribution in [0.15, 0.2) is 0 Å². The number of urea groups is 1. The zero-order valence-electron chi connectivity index (χ0n) is 13.0. The van der Waals surface area contributed by atoms with Gasteiger partial charge in [-0.25, -0.2) is 9.59 Å². The largest absolute Gasteiger partial charge is 0.480 e. The van der Waals surface area contributed by atoms with Gasteiger partial charge in [-0.05, 0) is 20.3 Å². The van der Waals surface area contributed by atoms with Crippen molar-refractivity contribution >= 4 is 12.0 Å². The number of rotatable bonds is 10. The number of amides is 2. The molecule has 0 spiro atoms. The van der Waals surface area contributed by atoms with Crippen LogP contribution in [0.1, 0.15) is 46.5 Å². The summed E-state index contributed by atoms with van der Waals surface area (Å²) < 4.78 is 4.86. The lowest BCUT2D eigenvalue weighted by atomic mass is 10.2. The molecule has 0 aliphatic carbocycles. The Morgan fingerprint density at radius 1 is 1.30 bits per heavy atom. The third kappa shape index (κ3) is 7.33. The van der Waals surface area contributed by atoms with Crippen molar-refractivity contribution in [1.29, 1.82) is 0 Å². The van der Waals surface area contributed by atoms with Crippen LogP contribution in [0.5, 0.6) is 0 Å². The molecule has 0 aliphatic heterocycles. The van der Waals surface area contributed by atoms with Crippen LogP contribution in [0.2, 0.25) is 0 Å². The lowest BCUT2D eigenvalue weighted by Crippen LogP contribution is -2.50. The Hall–Kier alpha value is -1.30. The van der Waals surface area contributed by atoms with Crippen LogP contribution < -0.4 is 5.32 Å². The molecule has 0 fully saturated rings. The van der Waals surface area contributed by atoms with E-state index in [4.69, 9.17) is 9.84 Å². The summed E-state index contributed by atoms with van der Waals surface area (Å²) in [5, 5.41) is 11.7. The number of nitrogens with one attached hydrogen (secondary N) is 1. The zero-order valence-corrected chi connectivity index (χ0v) is 13.0. The van der Waals surface area contributed by atoms with Crippen molar-refractivity contribution in [3.8, 4) is 0 Å². The van der Waals surface area contributed by atoms with E-state index in [9.17, 15) is 9.59 Å². The van der Waals surface area contributed by atoms with Crippen LogP contribution in [0.4, 0.5) is 4.79 Å². The van der Waals surface area contributed by atoms with Crippen LogP contribution in [-0.2, 0) is 9.53 Å². The molecule has 0 aliphatic rings. The topological polar surface area (TPSA) is 78.9 Å². The normalized spacial score (nSPS) is 12.2. The molecule has 0 aromatic carbocycles. The highest BCUT2D eigenvalue weighted by atomic mass is 16.5. The van der Waals surface area contributed by atoms with Crippen molar-refractivity contribution in [3.05, 3.63) is 0 Å².